The molecule has 0 saturated heterocycles. The Morgan fingerprint density at radius 2 is 2.00 bits per heavy atom. The molecule has 9 heteroatoms. The second-order valence-corrected chi connectivity index (χ2v) is 4.27. The Labute approximate surface area is 83.6 Å². The highest BCUT2D eigenvalue weighted by atomic mass is 32.2. The van der Waals surface area contributed by atoms with Gasteiger partial charge in [0.1, 0.15) is 0 Å². The van der Waals surface area contributed by atoms with E-state index in [2.05, 4.69) is 9.28 Å². The zero-order chi connectivity index (χ0) is 11.9. The van der Waals surface area contributed by atoms with Crippen LogP contribution in [0, 0.1) is 6.92 Å². The number of nitrogens with zero attached hydrogens (tertiary/aromatic N) is 2. The van der Waals surface area contributed by atoms with E-state index < -0.39 is 21.5 Å². The normalized spacial score (nSPS) is 12.9. The van der Waals surface area contributed by atoms with Gasteiger partial charge < -0.3 is 4.18 Å². The molecule has 0 radical (unpaired) electrons. The Bertz CT molecular complexity index is 462. The molecule has 0 atom stereocenters. The van der Waals surface area contributed by atoms with Gasteiger partial charge in [-0.05, 0) is 6.92 Å². The summed E-state index contributed by atoms with van der Waals surface area (Å²) in [6.45, 7) is 1.49. The standard InChI is InChI=1S/C6H7F3N2O3S/c1-4-3-5(11(2)10-4)14-15(12,13)6(7,8)9/h3H,1-2H3. The zero-order valence-electron chi connectivity index (χ0n) is 7.74. The lowest BCUT2D eigenvalue weighted by Gasteiger charge is -2.08. The van der Waals surface area contributed by atoms with Crippen molar-refractivity contribution in [2.75, 3.05) is 0 Å². The predicted molar refractivity (Wildman–Crippen MR) is 43.5 cm³/mol. The van der Waals surface area contributed by atoms with Gasteiger partial charge in [0.05, 0.1) is 5.69 Å². The summed E-state index contributed by atoms with van der Waals surface area (Å²) >= 11 is 0. The highest BCUT2D eigenvalue weighted by Crippen LogP contribution is 2.26. The summed E-state index contributed by atoms with van der Waals surface area (Å²) in [6.07, 6.45) is 0. The molecule has 1 heterocycles. The Balaban J connectivity index is 3.02. The van der Waals surface area contributed by atoms with Crippen LogP contribution in [-0.4, -0.2) is 23.7 Å². The van der Waals surface area contributed by atoms with Crippen LogP contribution in [0.2, 0.25) is 0 Å². The lowest BCUT2D eigenvalue weighted by molar-refractivity contribution is -0.0502. The van der Waals surface area contributed by atoms with E-state index in [0.29, 0.717) is 5.69 Å². The highest BCUT2D eigenvalue weighted by Gasteiger charge is 2.49. The summed E-state index contributed by atoms with van der Waals surface area (Å²) in [7, 11) is -4.35. The molecule has 0 spiro atoms. The Hall–Kier alpha value is -1.25. The monoisotopic (exact) mass is 244 g/mol. The van der Waals surface area contributed by atoms with E-state index in [1.165, 1.54) is 14.0 Å². The third-order valence-electron chi connectivity index (χ3n) is 1.44. The third-order valence-corrected chi connectivity index (χ3v) is 2.39. The maximum atomic E-state index is 11.9. The minimum Gasteiger partial charge on any atom is -0.356 e. The molecule has 1 aromatic rings. The molecule has 0 aromatic carbocycles. The van der Waals surface area contributed by atoms with Gasteiger partial charge in [-0.3, -0.25) is 0 Å². The van der Waals surface area contributed by atoms with Crippen molar-refractivity contribution in [1.82, 2.24) is 9.78 Å². The minimum absolute atomic E-state index is 0.352. The molecule has 0 amide bonds. The zero-order valence-corrected chi connectivity index (χ0v) is 8.56. The summed E-state index contributed by atoms with van der Waals surface area (Å²) in [4.78, 5) is 0. The fourth-order valence-electron chi connectivity index (χ4n) is 0.825. The van der Waals surface area contributed by atoms with Gasteiger partial charge in [-0.2, -0.15) is 26.7 Å². The molecular weight excluding hydrogens is 237 g/mol. The maximum absolute atomic E-state index is 11.9. The SMILES string of the molecule is Cc1cc(OS(=O)(=O)C(F)(F)F)n(C)n1. The molecule has 5 nitrogen and oxygen atoms in total. The Morgan fingerprint density at radius 1 is 1.47 bits per heavy atom. The largest absolute Gasteiger partial charge is 0.534 e. The van der Waals surface area contributed by atoms with Crippen molar-refractivity contribution in [2.45, 2.75) is 12.4 Å². The predicted octanol–water partition coefficient (Wildman–Crippen LogP) is 0.957. The number of aromatic nitrogens is 2. The van der Waals surface area contributed by atoms with Crippen LogP contribution in [0.15, 0.2) is 6.07 Å². The van der Waals surface area contributed by atoms with Gasteiger partial charge in [-0.15, -0.1) is 0 Å². The van der Waals surface area contributed by atoms with Gasteiger partial charge in [0, 0.05) is 13.1 Å². The van der Waals surface area contributed by atoms with Crippen LogP contribution in [0.25, 0.3) is 0 Å². The second-order valence-electron chi connectivity index (χ2n) is 2.73. The molecule has 15 heavy (non-hydrogen) atoms. The molecular formula is C6H7F3N2O3S. The van der Waals surface area contributed by atoms with Crippen molar-refractivity contribution >= 4 is 10.1 Å². The molecule has 86 valence electrons. The molecule has 0 bridgehead atoms. The quantitative estimate of drug-likeness (QED) is 0.574. The van der Waals surface area contributed by atoms with Gasteiger partial charge in [-0.25, -0.2) is 4.68 Å². The summed E-state index contributed by atoms with van der Waals surface area (Å²) in [6, 6.07) is 1.09. The average Bonchev–Trinajstić information content (AvgIpc) is 2.26. The minimum atomic E-state index is -5.62. The van der Waals surface area contributed by atoms with Gasteiger partial charge in [0.2, 0.25) is 5.88 Å². The Kier molecular flexibility index (Phi) is 2.68. The molecule has 0 aliphatic heterocycles. The molecule has 0 fully saturated rings. The van der Waals surface area contributed by atoms with Crippen molar-refractivity contribution in [3.63, 3.8) is 0 Å². The first kappa shape index (κ1) is 11.8. The molecule has 0 aliphatic carbocycles. The molecule has 1 aromatic heterocycles. The summed E-state index contributed by atoms with van der Waals surface area (Å²) < 4.78 is 61.7. The van der Waals surface area contributed by atoms with E-state index >= 15 is 0 Å². The molecule has 0 unspecified atom stereocenters. The summed E-state index contributed by atoms with van der Waals surface area (Å²) in [5, 5.41) is 3.64. The number of aryl methyl sites for hydroxylation is 2. The maximum Gasteiger partial charge on any atom is 0.534 e. The van der Waals surface area contributed by atoms with E-state index in [1.807, 2.05) is 0 Å². The average molecular weight is 244 g/mol. The van der Waals surface area contributed by atoms with Crippen molar-refractivity contribution in [2.24, 2.45) is 7.05 Å². The Morgan fingerprint density at radius 3 is 2.33 bits per heavy atom. The van der Waals surface area contributed by atoms with E-state index in [-0.39, 0.29) is 0 Å². The topological polar surface area (TPSA) is 61.2 Å². The van der Waals surface area contributed by atoms with Crippen LogP contribution in [0.3, 0.4) is 0 Å². The third kappa shape index (κ3) is 2.41. The lowest BCUT2D eigenvalue weighted by Crippen LogP contribution is -2.28. The number of hydrogen-bond donors (Lipinski definition) is 0. The lowest BCUT2D eigenvalue weighted by atomic mass is 10.5. The number of alkyl halides is 3. The fourth-order valence-corrected chi connectivity index (χ4v) is 1.30. The van der Waals surface area contributed by atoms with Gasteiger partial charge in [0.25, 0.3) is 0 Å². The molecule has 1 rings (SSSR count). The molecule has 0 N–H and O–H groups in total. The number of halogens is 3. The van der Waals surface area contributed by atoms with Crippen molar-refractivity contribution in [1.29, 1.82) is 0 Å². The summed E-state index contributed by atoms with van der Waals surface area (Å²) in [5.41, 5.74) is -5.09. The number of rotatable bonds is 2. The van der Waals surface area contributed by atoms with E-state index in [9.17, 15) is 21.6 Å². The smallest absolute Gasteiger partial charge is 0.356 e. The molecule has 0 aliphatic rings. The number of hydrogen-bond acceptors (Lipinski definition) is 4. The summed E-state index contributed by atoms with van der Waals surface area (Å²) in [5.74, 6) is -0.482. The van der Waals surface area contributed by atoms with Gasteiger partial charge in [0.15, 0.2) is 0 Å². The highest BCUT2D eigenvalue weighted by molar-refractivity contribution is 7.87. The van der Waals surface area contributed by atoms with Crippen LogP contribution < -0.4 is 4.18 Å². The van der Waals surface area contributed by atoms with Crippen molar-refractivity contribution in [3.05, 3.63) is 11.8 Å². The fraction of sp³-hybridized carbons (Fsp3) is 0.500. The first-order chi connectivity index (χ1) is 6.63. The van der Waals surface area contributed by atoms with E-state index in [4.69, 9.17) is 0 Å². The van der Waals surface area contributed by atoms with Crippen molar-refractivity contribution in [3.8, 4) is 5.88 Å². The van der Waals surface area contributed by atoms with Gasteiger partial charge >= 0.3 is 15.6 Å². The van der Waals surface area contributed by atoms with Crippen molar-refractivity contribution < 1.29 is 25.8 Å². The van der Waals surface area contributed by atoms with Gasteiger partial charge in [-0.1, -0.05) is 0 Å². The van der Waals surface area contributed by atoms with Crippen LogP contribution in [-0.2, 0) is 17.2 Å². The second kappa shape index (κ2) is 3.40. The first-order valence-electron chi connectivity index (χ1n) is 3.65. The van der Waals surface area contributed by atoms with E-state index in [1.54, 1.807) is 0 Å². The van der Waals surface area contributed by atoms with Crippen LogP contribution in [0.1, 0.15) is 5.69 Å². The molecule has 0 saturated carbocycles. The van der Waals surface area contributed by atoms with Crippen LogP contribution in [0.5, 0.6) is 5.88 Å². The van der Waals surface area contributed by atoms with Crippen LogP contribution >= 0.6 is 0 Å². The first-order valence-corrected chi connectivity index (χ1v) is 5.06. The van der Waals surface area contributed by atoms with E-state index in [0.717, 1.165) is 10.7 Å². The van der Waals surface area contributed by atoms with Crippen LogP contribution in [0.4, 0.5) is 13.2 Å².